The van der Waals surface area contributed by atoms with Crippen LogP contribution in [0.1, 0.15) is 50.7 Å². The van der Waals surface area contributed by atoms with Crippen molar-refractivity contribution in [3.8, 4) is 17.2 Å². The summed E-state index contributed by atoms with van der Waals surface area (Å²) in [5, 5.41) is 12.0. The Labute approximate surface area is 232 Å². The molecule has 1 saturated carbocycles. The molecule has 39 heavy (non-hydrogen) atoms. The Morgan fingerprint density at radius 2 is 1.77 bits per heavy atom. The minimum Gasteiger partial charge on any atom is -0.490 e. The molecule has 0 bridgehead atoms. The Kier molecular flexibility index (Phi) is 10.2. The smallest absolute Gasteiger partial charge is 0.490 e. The van der Waals surface area contributed by atoms with Crippen molar-refractivity contribution in [1.29, 1.82) is 0 Å². The zero-order chi connectivity index (χ0) is 27.7. The van der Waals surface area contributed by atoms with Crippen molar-refractivity contribution in [2.75, 3.05) is 18.5 Å². The molecule has 0 heterocycles. The van der Waals surface area contributed by atoms with Gasteiger partial charge in [-0.25, -0.2) is 0 Å². The molecule has 3 aromatic rings. The molecule has 7 nitrogen and oxygen atoms in total. The lowest BCUT2D eigenvalue weighted by molar-refractivity contribution is 0.107. The van der Waals surface area contributed by atoms with Gasteiger partial charge in [0.1, 0.15) is 36.6 Å². The second-order valence-corrected chi connectivity index (χ2v) is 11.7. The normalized spacial score (nSPS) is 20.1. The van der Waals surface area contributed by atoms with Gasteiger partial charge in [0, 0.05) is 30.6 Å². The molecule has 0 amide bonds. The largest absolute Gasteiger partial charge is 0.515 e. The van der Waals surface area contributed by atoms with E-state index in [9.17, 15) is 14.6 Å². The van der Waals surface area contributed by atoms with Gasteiger partial charge >= 0.3 is 8.03 Å². The average molecular weight is 553 g/mol. The van der Waals surface area contributed by atoms with E-state index in [-0.39, 0.29) is 12.7 Å². The van der Waals surface area contributed by atoms with Crippen molar-refractivity contribution in [3.63, 3.8) is 0 Å². The van der Waals surface area contributed by atoms with Crippen molar-refractivity contribution >= 4 is 13.7 Å². The molecule has 3 aromatic carbocycles. The predicted octanol–water partition coefficient (Wildman–Crippen LogP) is 6.49. The molecule has 4 atom stereocenters. The molecule has 0 spiro atoms. The zero-order valence-corrected chi connectivity index (χ0v) is 23.6. The first-order valence-electron chi connectivity index (χ1n) is 13.6. The predicted molar refractivity (Wildman–Crippen MR) is 154 cm³/mol. The highest BCUT2D eigenvalue weighted by molar-refractivity contribution is 7.40. The third-order valence-electron chi connectivity index (χ3n) is 7.13. The summed E-state index contributed by atoms with van der Waals surface area (Å²) in [6.45, 7) is 4.84. The molecule has 1 fully saturated rings. The molecule has 0 aliphatic heterocycles. The molecule has 4 unspecified atom stereocenters. The second-order valence-electron chi connectivity index (χ2n) is 10.2. The number of hydrogen-bond acceptors (Lipinski definition) is 6. The molecule has 1 aliphatic carbocycles. The number of ether oxygens (including phenoxy) is 3. The number of rotatable bonds is 13. The lowest BCUT2D eigenvalue weighted by Gasteiger charge is -2.32. The van der Waals surface area contributed by atoms with Crippen molar-refractivity contribution in [2.45, 2.75) is 69.9 Å². The molecule has 0 saturated heterocycles. The lowest BCUT2D eigenvalue weighted by Crippen LogP contribution is -2.41. The van der Waals surface area contributed by atoms with Gasteiger partial charge in [-0.2, -0.15) is 4.89 Å². The van der Waals surface area contributed by atoms with Crippen LogP contribution < -0.4 is 19.5 Å². The van der Waals surface area contributed by atoms with Gasteiger partial charge < -0.3 is 24.6 Å². The fraction of sp³-hybridized carbons (Fsp3) is 0.419. The number of aliphatic hydroxyl groups is 1. The third-order valence-corrected chi connectivity index (χ3v) is 8.47. The van der Waals surface area contributed by atoms with Crippen LogP contribution in [0.5, 0.6) is 17.2 Å². The molecule has 0 radical (unpaired) electrons. The second kappa shape index (κ2) is 13.8. The topological polar surface area (TPSA) is 97.2 Å². The molecule has 4 rings (SSSR count). The SMILES string of the molecule is CCc1c(NCC(C)O)cccc1OCC1([P+](=O)O)CCCC(Oc2ccc(OCc3ccccc3)cc2)C1. The number of benzene rings is 3. The molecular weight excluding hydrogens is 513 g/mol. The summed E-state index contributed by atoms with van der Waals surface area (Å²) in [4.78, 5) is 10.4. The summed E-state index contributed by atoms with van der Waals surface area (Å²) < 4.78 is 31.1. The van der Waals surface area contributed by atoms with Crippen LogP contribution in [0.4, 0.5) is 5.69 Å². The van der Waals surface area contributed by atoms with Crippen molar-refractivity contribution in [2.24, 2.45) is 0 Å². The number of aliphatic hydroxyl groups excluding tert-OH is 1. The van der Waals surface area contributed by atoms with Crippen LogP contribution in [0.3, 0.4) is 0 Å². The standard InChI is InChI=1S/C31H38NO6P/c1-3-28-29(32-20-23(2)33)12-7-13-30(28)37-22-31(39(34)35)18-8-11-27(19-31)38-26-16-14-25(15-17-26)36-21-24-9-5-4-6-10-24/h4-7,9-10,12-17,23,27,32-33H,3,8,11,18-22H2,1-2H3/p+1. The van der Waals surface area contributed by atoms with E-state index in [1.54, 1.807) is 6.92 Å². The summed E-state index contributed by atoms with van der Waals surface area (Å²) in [6.07, 6.45) is 2.71. The highest BCUT2D eigenvalue weighted by Gasteiger charge is 2.54. The maximum Gasteiger partial charge on any atom is 0.515 e. The van der Waals surface area contributed by atoms with E-state index in [0.717, 1.165) is 41.8 Å². The molecule has 208 valence electrons. The summed E-state index contributed by atoms with van der Waals surface area (Å²) in [6, 6.07) is 23.3. The monoisotopic (exact) mass is 552 g/mol. The van der Waals surface area contributed by atoms with Crippen LogP contribution in [0.15, 0.2) is 72.8 Å². The minimum atomic E-state index is -2.49. The Morgan fingerprint density at radius 3 is 2.46 bits per heavy atom. The Hall–Kier alpha value is -3.12. The first kappa shape index (κ1) is 28.9. The summed E-state index contributed by atoms with van der Waals surface area (Å²) in [5.41, 5.74) is 2.99. The maximum absolute atomic E-state index is 12.7. The van der Waals surface area contributed by atoms with Gasteiger partial charge in [0.15, 0.2) is 0 Å². The zero-order valence-electron chi connectivity index (χ0n) is 22.7. The number of anilines is 1. The summed E-state index contributed by atoms with van der Waals surface area (Å²) >= 11 is 0. The van der Waals surface area contributed by atoms with Crippen LogP contribution in [0.2, 0.25) is 0 Å². The molecule has 8 heteroatoms. The molecule has 0 aromatic heterocycles. The fourth-order valence-corrected chi connectivity index (χ4v) is 5.88. The third kappa shape index (κ3) is 7.95. The van der Waals surface area contributed by atoms with E-state index in [4.69, 9.17) is 14.2 Å². The van der Waals surface area contributed by atoms with Crippen LogP contribution in [0.25, 0.3) is 0 Å². The first-order valence-corrected chi connectivity index (χ1v) is 14.9. The van der Waals surface area contributed by atoms with E-state index < -0.39 is 19.3 Å². The minimum absolute atomic E-state index is 0.137. The lowest BCUT2D eigenvalue weighted by atomic mass is 9.86. The molecular formula is C31H39NO6P+. The van der Waals surface area contributed by atoms with Gasteiger partial charge in [-0.3, -0.25) is 0 Å². The van der Waals surface area contributed by atoms with Crippen LogP contribution in [0, 0.1) is 0 Å². The van der Waals surface area contributed by atoms with Crippen LogP contribution in [-0.2, 0) is 17.6 Å². The Bertz CT molecular complexity index is 1200. The van der Waals surface area contributed by atoms with E-state index in [2.05, 4.69) is 5.32 Å². The van der Waals surface area contributed by atoms with E-state index >= 15 is 0 Å². The molecule has 1 aliphatic rings. The summed E-state index contributed by atoms with van der Waals surface area (Å²) in [5.74, 6) is 2.16. The molecule has 3 N–H and O–H groups in total. The van der Waals surface area contributed by atoms with Crippen molar-refractivity contribution in [3.05, 3.63) is 83.9 Å². The van der Waals surface area contributed by atoms with Gasteiger partial charge in [-0.1, -0.05) is 43.3 Å². The van der Waals surface area contributed by atoms with Gasteiger partial charge in [0.2, 0.25) is 5.16 Å². The van der Waals surface area contributed by atoms with E-state index in [0.29, 0.717) is 37.5 Å². The Morgan fingerprint density at radius 1 is 1.03 bits per heavy atom. The van der Waals surface area contributed by atoms with Crippen molar-refractivity contribution < 1.29 is 28.8 Å². The van der Waals surface area contributed by atoms with Gasteiger partial charge in [-0.15, -0.1) is 0 Å². The average Bonchev–Trinajstić information content (AvgIpc) is 2.95. The van der Waals surface area contributed by atoms with Crippen LogP contribution in [-0.4, -0.2) is 40.5 Å². The first-order chi connectivity index (χ1) is 18.9. The summed E-state index contributed by atoms with van der Waals surface area (Å²) in [7, 11) is -2.49. The van der Waals surface area contributed by atoms with E-state index in [1.807, 2.05) is 79.7 Å². The van der Waals surface area contributed by atoms with Gasteiger partial charge in [0.05, 0.1) is 6.10 Å². The van der Waals surface area contributed by atoms with Crippen LogP contribution >= 0.6 is 8.03 Å². The van der Waals surface area contributed by atoms with Gasteiger partial charge in [-0.05, 0) is 72.7 Å². The van der Waals surface area contributed by atoms with Crippen molar-refractivity contribution in [1.82, 2.24) is 0 Å². The number of nitrogens with one attached hydrogen (secondary N) is 1. The quantitative estimate of drug-likeness (QED) is 0.208. The fourth-order valence-electron chi connectivity index (χ4n) is 5.00. The maximum atomic E-state index is 12.7. The van der Waals surface area contributed by atoms with E-state index in [1.165, 1.54) is 0 Å². The number of hydrogen-bond donors (Lipinski definition) is 3. The highest BCUT2D eigenvalue weighted by Crippen LogP contribution is 2.48. The highest BCUT2D eigenvalue weighted by atomic mass is 31.1. The van der Waals surface area contributed by atoms with Gasteiger partial charge in [0.25, 0.3) is 0 Å². The Balaban J connectivity index is 1.38.